The van der Waals surface area contributed by atoms with Crippen LogP contribution in [-0.2, 0) is 9.59 Å². The lowest BCUT2D eigenvalue weighted by molar-refractivity contribution is -0.117. The molecule has 0 bridgehead atoms. The molecule has 0 spiro atoms. The van der Waals surface area contributed by atoms with Crippen LogP contribution in [0.5, 0.6) is 0 Å². The van der Waals surface area contributed by atoms with Gasteiger partial charge in [-0.15, -0.1) is 11.3 Å². The van der Waals surface area contributed by atoms with E-state index in [1.54, 1.807) is 36.4 Å². The van der Waals surface area contributed by atoms with E-state index in [2.05, 4.69) is 10.6 Å². The summed E-state index contributed by atoms with van der Waals surface area (Å²) in [6.45, 7) is 1.93. The van der Waals surface area contributed by atoms with Crippen molar-refractivity contribution in [1.82, 2.24) is 0 Å². The van der Waals surface area contributed by atoms with Crippen LogP contribution in [0.4, 0.5) is 11.4 Å². The normalized spacial score (nSPS) is 10.3. The topological polar surface area (TPSA) is 75.3 Å². The van der Waals surface area contributed by atoms with E-state index in [1.165, 1.54) is 11.3 Å². The van der Waals surface area contributed by atoms with E-state index in [1.807, 2.05) is 6.92 Å². The number of ketones is 1. The summed E-state index contributed by atoms with van der Waals surface area (Å²) >= 11 is 7.01. The highest BCUT2D eigenvalue weighted by Gasteiger charge is 2.12. The molecule has 0 aliphatic rings. The number of benzene rings is 1. The molecule has 1 aromatic heterocycles. The molecule has 0 aliphatic heterocycles. The Morgan fingerprint density at radius 3 is 2.16 bits per heavy atom. The van der Waals surface area contributed by atoms with Crippen LogP contribution in [0, 0.1) is 0 Å². The second-order valence-electron chi connectivity index (χ2n) is 5.45. The lowest BCUT2D eigenvalue weighted by Gasteiger charge is -2.08. The fourth-order valence-corrected chi connectivity index (χ4v) is 3.17. The van der Waals surface area contributed by atoms with Crippen LogP contribution < -0.4 is 10.6 Å². The zero-order chi connectivity index (χ0) is 18.2. The third-order valence-electron chi connectivity index (χ3n) is 3.33. The van der Waals surface area contributed by atoms with E-state index in [4.69, 9.17) is 11.6 Å². The zero-order valence-electron chi connectivity index (χ0n) is 13.8. The minimum Gasteiger partial charge on any atom is -0.326 e. The van der Waals surface area contributed by atoms with Gasteiger partial charge in [0, 0.05) is 30.6 Å². The number of amides is 2. The van der Waals surface area contributed by atoms with E-state index in [-0.39, 0.29) is 30.4 Å². The molecule has 7 heteroatoms. The second-order valence-corrected chi connectivity index (χ2v) is 7.17. The van der Waals surface area contributed by atoms with Gasteiger partial charge >= 0.3 is 0 Å². The number of Topliss-reactive ketones (excluding diaryl/α,β-unsaturated/α-hetero) is 1. The minimum absolute atomic E-state index is 0.0637. The molecule has 0 aliphatic carbocycles. The maximum Gasteiger partial charge on any atom is 0.224 e. The highest BCUT2D eigenvalue weighted by Crippen LogP contribution is 2.23. The molecule has 2 rings (SSSR count). The Labute approximate surface area is 155 Å². The summed E-state index contributed by atoms with van der Waals surface area (Å²) in [7, 11) is 0. The van der Waals surface area contributed by atoms with Gasteiger partial charge in [0.1, 0.15) is 0 Å². The van der Waals surface area contributed by atoms with Gasteiger partial charge in [-0.2, -0.15) is 0 Å². The molecule has 0 unspecified atom stereocenters. The summed E-state index contributed by atoms with van der Waals surface area (Å²) in [6.07, 6.45) is 1.42. The van der Waals surface area contributed by atoms with Crippen LogP contribution in [-0.4, -0.2) is 17.6 Å². The third kappa shape index (κ3) is 6.32. The van der Waals surface area contributed by atoms with Crippen LogP contribution in [0.3, 0.4) is 0 Å². The molecular weight excluding hydrogens is 360 g/mol. The molecule has 2 aromatic rings. The molecule has 1 aromatic carbocycles. The first-order valence-corrected chi connectivity index (χ1v) is 9.15. The fourth-order valence-electron chi connectivity index (χ4n) is 2.16. The molecule has 0 saturated heterocycles. The van der Waals surface area contributed by atoms with E-state index in [9.17, 15) is 14.4 Å². The predicted molar refractivity (Wildman–Crippen MR) is 102 cm³/mol. The Morgan fingerprint density at radius 2 is 1.60 bits per heavy atom. The number of rotatable bonds is 8. The van der Waals surface area contributed by atoms with Gasteiger partial charge in [0.15, 0.2) is 5.78 Å². The fraction of sp³-hybridized carbons (Fsp3) is 0.278. The van der Waals surface area contributed by atoms with Crippen molar-refractivity contribution < 1.29 is 14.4 Å². The molecule has 2 amide bonds. The molecule has 5 nitrogen and oxygen atoms in total. The summed E-state index contributed by atoms with van der Waals surface area (Å²) in [5.41, 5.74) is 1.20. The molecule has 0 fully saturated rings. The number of hydrogen-bond donors (Lipinski definition) is 2. The summed E-state index contributed by atoms with van der Waals surface area (Å²) in [6, 6.07) is 10.2. The zero-order valence-corrected chi connectivity index (χ0v) is 15.4. The summed E-state index contributed by atoms with van der Waals surface area (Å²) < 4.78 is 0.551. The number of carbonyl (C=O) groups is 3. The average molecular weight is 379 g/mol. The minimum atomic E-state index is -0.256. The van der Waals surface area contributed by atoms with Crippen molar-refractivity contribution in [2.24, 2.45) is 0 Å². The Balaban J connectivity index is 1.85. The van der Waals surface area contributed by atoms with Crippen molar-refractivity contribution in [1.29, 1.82) is 0 Å². The van der Waals surface area contributed by atoms with E-state index in [0.29, 0.717) is 27.0 Å². The molecule has 0 atom stereocenters. The van der Waals surface area contributed by atoms with Gasteiger partial charge in [-0.1, -0.05) is 24.6 Å². The van der Waals surface area contributed by atoms with E-state index >= 15 is 0 Å². The lowest BCUT2D eigenvalue weighted by Crippen LogP contribution is -2.14. The van der Waals surface area contributed by atoms with Crippen molar-refractivity contribution in [3.63, 3.8) is 0 Å². The Bertz CT molecular complexity index is 773. The molecule has 25 heavy (non-hydrogen) atoms. The second kappa shape index (κ2) is 9.34. The van der Waals surface area contributed by atoms with Gasteiger partial charge < -0.3 is 10.6 Å². The standard InChI is InChI=1S/C18H19ClN2O3S/c1-2-4-17(23)20-12-5-3-6-13(11-12)21-18(24)10-7-14(22)15-8-9-16(19)25-15/h3,5-6,8-9,11H,2,4,7,10H2,1H3,(H,20,23)(H,21,24). The molecule has 2 N–H and O–H groups in total. The van der Waals surface area contributed by atoms with Crippen molar-refractivity contribution in [3.8, 4) is 0 Å². The first-order valence-electron chi connectivity index (χ1n) is 7.96. The Kier molecular flexibility index (Phi) is 7.16. The summed E-state index contributed by atoms with van der Waals surface area (Å²) in [5, 5.41) is 5.51. The average Bonchev–Trinajstić information content (AvgIpc) is 3.00. The summed E-state index contributed by atoms with van der Waals surface area (Å²) in [5.74, 6) is -0.424. The maximum atomic E-state index is 12.0. The highest BCUT2D eigenvalue weighted by molar-refractivity contribution is 7.18. The molecule has 0 radical (unpaired) electrons. The van der Waals surface area contributed by atoms with Crippen LogP contribution >= 0.6 is 22.9 Å². The number of thiophene rings is 1. The summed E-state index contributed by atoms with van der Waals surface area (Å²) in [4.78, 5) is 36.2. The van der Waals surface area contributed by atoms with Gasteiger partial charge in [0.05, 0.1) is 9.21 Å². The van der Waals surface area contributed by atoms with Crippen molar-refractivity contribution >= 4 is 51.9 Å². The molecular formula is C18H19ClN2O3S. The van der Waals surface area contributed by atoms with Crippen molar-refractivity contribution in [2.75, 3.05) is 10.6 Å². The van der Waals surface area contributed by atoms with Gasteiger partial charge in [0.2, 0.25) is 11.8 Å². The van der Waals surface area contributed by atoms with Crippen LogP contribution in [0.1, 0.15) is 42.3 Å². The first kappa shape index (κ1) is 19.1. The number of carbonyl (C=O) groups excluding carboxylic acids is 3. The molecule has 0 saturated carbocycles. The van der Waals surface area contributed by atoms with Crippen molar-refractivity contribution in [2.45, 2.75) is 32.6 Å². The van der Waals surface area contributed by atoms with E-state index in [0.717, 1.165) is 6.42 Å². The number of hydrogen-bond acceptors (Lipinski definition) is 4. The van der Waals surface area contributed by atoms with Gasteiger partial charge in [-0.3, -0.25) is 14.4 Å². The number of nitrogens with one attached hydrogen (secondary N) is 2. The SMILES string of the molecule is CCCC(=O)Nc1cccc(NC(=O)CCC(=O)c2ccc(Cl)s2)c1. The van der Waals surface area contributed by atoms with E-state index < -0.39 is 0 Å². The highest BCUT2D eigenvalue weighted by atomic mass is 35.5. The largest absolute Gasteiger partial charge is 0.326 e. The smallest absolute Gasteiger partial charge is 0.224 e. The van der Waals surface area contributed by atoms with Gasteiger partial charge in [0.25, 0.3) is 0 Å². The molecule has 132 valence electrons. The Morgan fingerprint density at radius 1 is 0.960 bits per heavy atom. The quantitative estimate of drug-likeness (QED) is 0.651. The van der Waals surface area contributed by atoms with Gasteiger partial charge in [-0.25, -0.2) is 0 Å². The number of anilines is 2. The third-order valence-corrected chi connectivity index (χ3v) is 4.61. The first-order chi connectivity index (χ1) is 12.0. The maximum absolute atomic E-state index is 12.0. The van der Waals surface area contributed by atoms with Crippen LogP contribution in [0.2, 0.25) is 4.34 Å². The van der Waals surface area contributed by atoms with Gasteiger partial charge in [-0.05, 0) is 36.8 Å². The van der Waals surface area contributed by atoms with Crippen LogP contribution in [0.25, 0.3) is 0 Å². The molecule has 1 heterocycles. The lowest BCUT2D eigenvalue weighted by atomic mass is 10.2. The number of halogens is 1. The predicted octanol–water partition coefficient (Wildman–Crippen LogP) is 4.74. The monoisotopic (exact) mass is 378 g/mol. The van der Waals surface area contributed by atoms with Crippen LogP contribution in [0.15, 0.2) is 36.4 Å². The Hall–Kier alpha value is -2.18. The van der Waals surface area contributed by atoms with Crippen molar-refractivity contribution in [3.05, 3.63) is 45.6 Å².